The second-order valence-electron chi connectivity index (χ2n) is 2.46. The summed E-state index contributed by atoms with van der Waals surface area (Å²) in [6, 6.07) is 0. The summed E-state index contributed by atoms with van der Waals surface area (Å²) in [6.45, 7) is 3.84. The van der Waals surface area contributed by atoms with E-state index in [4.69, 9.17) is 15.6 Å². The van der Waals surface area contributed by atoms with Gasteiger partial charge in [0.05, 0.1) is 0 Å². The van der Waals surface area contributed by atoms with Crippen LogP contribution in [0.3, 0.4) is 0 Å². The van der Waals surface area contributed by atoms with Crippen LogP contribution in [0.5, 0.6) is 0 Å². The van der Waals surface area contributed by atoms with Crippen molar-refractivity contribution in [3.63, 3.8) is 0 Å². The lowest BCUT2D eigenvalue weighted by Gasteiger charge is -2.14. The molecule has 4 N–H and O–H groups in total. The van der Waals surface area contributed by atoms with Crippen LogP contribution in [0.2, 0.25) is 0 Å². The third-order valence-corrected chi connectivity index (χ3v) is 1.21. The summed E-state index contributed by atoms with van der Waals surface area (Å²) in [5.41, 5.74) is 5.17. The van der Waals surface area contributed by atoms with Crippen LogP contribution in [0, 0.1) is 0 Å². The molecule has 5 nitrogen and oxygen atoms in total. The van der Waals surface area contributed by atoms with Crippen LogP contribution in [0.4, 0.5) is 0 Å². The summed E-state index contributed by atoms with van der Waals surface area (Å²) in [6.07, 6.45) is -1.57. The van der Waals surface area contributed by atoms with E-state index in [1.807, 2.05) is 0 Å². The molecule has 0 aliphatic rings. The lowest BCUT2D eigenvalue weighted by molar-refractivity contribution is -0.153. The topological polar surface area (TPSA) is 84.6 Å². The van der Waals surface area contributed by atoms with E-state index in [9.17, 15) is 4.79 Å². The molecule has 1 amide bonds. The van der Waals surface area contributed by atoms with Crippen molar-refractivity contribution < 1.29 is 14.6 Å². The Bertz CT molecular complexity index is 139. The summed E-state index contributed by atoms with van der Waals surface area (Å²) in [5, 5.41) is 11.3. The first-order chi connectivity index (χ1) is 5.57. The molecule has 0 fully saturated rings. The first-order valence-corrected chi connectivity index (χ1v) is 3.89. The Morgan fingerprint density at radius 3 is 2.67 bits per heavy atom. The van der Waals surface area contributed by atoms with Gasteiger partial charge in [-0.3, -0.25) is 4.79 Å². The van der Waals surface area contributed by atoms with Gasteiger partial charge in [-0.25, -0.2) is 0 Å². The highest BCUT2D eigenvalue weighted by Crippen LogP contribution is 1.94. The summed E-state index contributed by atoms with van der Waals surface area (Å²) >= 11 is 0. The SMILES string of the molecule is C[C@H](O[C@@H](C)O)C(=O)NCCN. The number of aliphatic hydroxyl groups excluding tert-OH is 1. The molecule has 0 bridgehead atoms. The van der Waals surface area contributed by atoms with Crippen molar-refractivity contribution in [1.82, 2.24) is 5.32 Å². The normalized spacial score (nSPS) is 15.3. The average molecular weight is 176 g/mol. The Labute approximate surface area is 71.9 Å². The standard InChI is InChI=1S/C7H16N2O3/c1-5(12-6(2)10)7(11)9-4-3-8/h5-6,10H,3-4,8H2,1-2H3,(H,9,11)/t5-,6-/m0/s1. The van der Waals surface area contributed by atoms with Gasteiger partial charge in [0.2, 0.25) is 5.91 Å². The number of hydrogen-bond donors (Lipinski definition) is 3. The van der Waals surface area contributed by atoms with Crippen LogP contribution < -0.4 is 11.1 Å². The highest BCUT2D eigenvalue weighted by atomic mass is 16.6. The Hall–Kier alpha value is -0.650. The second kappa shape index (κ2) is 5.93. The van der Waals surface area contributed by atoms with Gasteiger partial charge in [0.25, 0.3) is 0 Å². The zero-order valence-corrected chi connectivity index (χ0v) is 7.41. The molecule has 0 aromatic rings. The maximum Gasteiger partial charge on any atom is 0.249 e. The van der Waals surface area contributed by atoms with Gasteiger partial charge in [-0.15, -0.1) is 0 Å². The molecule has 0 rings (SSSR count). The number of nitrogens with one attached hydrogen (secondary N) is 1. The number of carbonyl (C=O) groups excluding carboxylic acids is 1. The number of carbonyl (C=O) groups is 1. The monoisotopic (exact) mass is 176 g/mol. The number of nitrogens with two attached hydrogens (primary N) is 1. The zero-order valence-electron chi connectivity index (χ0n) is 7.41. The fourth-order valence-corrected chi connectivity index (χ4v) is 0.696. The van der Waals surface area contributed by atoms with Gasteiger partial charge in [-0.2, -0.15) is 0 Å². The van der Waals surface area contributed by atoms with Crippen molar-refractivity contribution in [3.05, 3.63) is 0 Å². The predicted molar refractivity (Wildman–Crippen MR) is 44.3 cm³/mol. The quantitative estimate of drug-likeness (QED) is 0.460. The van der Waals surface area contributed by atoms with E-state index in [2.05, 4.69) is 5.32 Å². The number of ether oxygens (including phenoxy) is 1. The van der Waals surface area contributed by atoms with E-state index in [0.717, 1.165) is 0 Å². The van der Waals surface area contributed by atoms with Crippen LogP contribution in [-0.4, -0.2) is 36.5 Å². The molecular weight excluding hydrogens is 160 g/mol. The maximum absolute atomic E-state index is 11.0. The van der Waals surface area contributed by atoms with E-state index in [-0.39, 0.29) is 5.91 Å². The van der Waals surface area contributed by atoms with Crippen molar-refractivity contribution in [3.8, 4) is 0 Å². The minimum Gasteiger partial charge on any atom is -0.368 e. The van der Waals surface area contributed by atoms with Crippen molar-refractivity contribution >= 4 is 5.91 Å². The van der Waals surface area contributed by atoms with E-state index in [0.29, 0.717) is 13.1 Å². The highest BCUT2D eigenvalue weighted by molar-refractivity contribution is 5.80. The molecule has 0 saturated heterocycles. The summed E-state index contributed by atoms with van der Waals surface area (Å²) in [7, 11) is 0. The Morgan fingerprint density at radius 2 is 2.25 bits per heavy atom. The van der Waals surface area contributed by atoms with Crippen LogP contribution >= 0.6 is 0 Å². The van der Waals surface area contributed by atoms with Gasteiger partial charge in [0, 0.05) is 13.1 Å². The highest BCUT2D eigenvalue weighted by Gasteiger charge is 2.13. The lowest BCUT2D eigenvalue weighted by atomic mass is 10.3. The van der Waals surface area contributed by atoms with Crippen molar-refractivity contribution in [2.24, 2.45) is 5.73 Å². The minimum absolute atomic E-state index is 0.263. The van der Waals surface area contributed by atoms with Crippen LogP contribution in [0.25, 0.3) is 0 Å². The van der Waals surface area contributed by atoms with E-state index in [1.54, 1.807) is 6.92 Å². The molecule has 0 radical (unpaired) electrons. The maximum atomic E-state index is 11.0. The molecular formula is C7H16N2O3. The van der Waals surface area contributed by atoms with Crippen LogP contribution in [-0.2, 0) is 9.53 Å². The molecule has 0 spiro atoms. The van der Waals surface area contributed by atoms with Gasteiger partial charge < -0.3 is 20.9 Å². The van der Waals surface area contributed by atoms with E-state index < -0.39 is 12.4 Å². The molecule has 72 valence electrons. The molecule has 0 heterocycles. The fraction of sp³-hybridized carbons (Fsp3) is 0.857. The molecule has 0 aliphatic carbocycles. The molecule has 0 aromatic carbocycles. The van der Waals surface area contributed by atoms with E-state index >= 15 is 0 Å². The molecule has 0 aromatic heterocycles. The smallest absolute Gasteiger partial charge is 0.249 e. The lowest BCUT2D eigenvalue weighted by Crippen LogP contribution is -2.38. The average Bonchev–Trinajstić information content (AvgIpc) is 1.98. The van der Waals surface area contributed by atoms with Gasteiger partial charge in [0.15, 0.2) is 6.29 Å². The van der Waals surface area contributed by atoms with Crippen molar-refractivity contribution in [2.45, 2.75) is 26.2 Å². The van der Waals surface area contributed by atoms with Crippen LogP contribution in [0.15, 0.2) is 0 Å². The number of hydrogen-bond acceptors (Lipinski definition) is 4. The largest absolute Gasteiger partial charge is 0.368 e. The first-order valence-electron chi connectivity index (χ1n) is 3.89. The van der Waals surface area contributed by atoms with Crippen LogP contribution in [0.1, 0.15) is 13.8 Å². The third kappa shape index (κ3) is 5.06. The number of rotatable bonds is 5. The molecule has 2 atom stereocenters. The Balaban J connectivity index is 3.61. The first kappa shape index (κ1) is 11.4. The second-order valence-corrected chi connectivity index (χ2v) is 2.46. The van der Waals surface area contributed by atoms with Gasteiger partial charge in [0.1, 0.15) is 6.10 Å². The third-order valence-electron chi connectivity index (χ3n) is 1.21. The molecule has 12 heavy (non-hydrogen) atoms. The van der Waals surface area contributed by atoms with Gasteiger partial charge in [-0.1, -0.05) is 0 Å². The predicted octanol–water partition coefficient (Wildman–Crippen LogP) is -1.20. The number of amides is 1. The zero-order chi connectivity index (χ0) is 9.56. The summed E-state index contributed by atoms with van der Waals surface area (Å²) < 4.78 is 4.81. The number of aliphatic hydroxyl groups is 1. The molecule has 0 saturated carbocycles. The molecule has 0 aliphatic heterocycles. The Morgan fingerprint density at radius 1 is 1.67 bits per heavy atom. The van der Waals surface area contributed by atoms with Crippen molar-refractivity contribution in [1.29, 1.82) is 0 Å². The minimum atomic E-state index is -0.927. The fourth-order valence-electron chi connectivity index (χ4n) is 0.696. The Kier molecular flexibility index (Phi) is 5.61. The van der Waals surface area contributed by atoms with Gasteiger partial charge >= 0.3 is 0 Å². The van der Waals surface area contributed by atoms with Gasteiger partial charge in [-0.05, 0) is 13.8 Å². The van der Waals surface area contributed by atoms with Crippen molar-refractivity contribution in [2.75, 3.05) is 13.1 Å². The van der Waals surface area contributed by atoms with E-state index in [1.165, 1.54) is 6.92 Å². The summed E-state index contributed by atoms with van der Waals surface area (Å²) in [5.74, 6) is -0.263. The molecule has 5 heteroatoms. The molecule has 0 unspecified atom stereocenters. The summed E-state index contributed by atoms with van der Waals surface area (Å²) in [4.78, 5) is 11.0.